The minimum Gasteiger partial charge on any atom is -0.489 e. The van der Waals surface area contributed by atoms with Gasteiger partial charge in [0.05, 0.1) is 0 Å². The highest BCUT2D eigenvalue weighted by Gasteiger charge is 2.25. The fourth-order valence-corrected chi connectivity index (χ4v) is 4.61. The highest BCUT2D eigenvalue weighted by atomic mass is 16.5. The van der Waals surface area contributed by atoms with Crippen molar-refractivity contribution in [3.63, 3.8) is 0 Å². The number of benzene rings is 2. The Morgan fingerprint density at radius 3 is 2.68 bits per heavy atom. The highest BCUT2D eigenvalue weighted by Crippen LogP contribution is 2.26. The van der Waals surface area contributed by atoms with Gasteiger partial charge in [-0.15, -0.1) is 10.2 Å². The molecule has 3 aromatic rings. The largest absolute Gasteiger partial charge is 0.489 e. The summed E-state index contributed by atoms with van der Waals surface area (Å²) in [5, 5.41) is 11.9. The molecule has 1 aliphatic carbocycles. The van der Waals surface area contributed by atoms with E-state index in [1.807, 2.05) is 24.3 Å². The Balaban J connectivity index is 1.12. The Bertz CT molecular complexity index is 1090. The zero-order chi connectivity index (χ0) is 23.2. The van der Waals surface area contributed by atoms with Gasteiger partial charge in [-0.2, -0.15) is 0 Å². The molecule has 0 atom stereocenters. The fraction of sp³-hybridized carbons (Fsp3) is 0.444. The van der Waals surface area contributed by atoms with E-state index < -0.39 is 0 Å². The molecule has 7 nitrogen and oxygen atoms in total. The molecule has 1 saturated carbocycles. The number of ether oxygens (including phenoxy) is 1. The van der Waals surface area contributed by atoms with Crippen molar-refractivity contribution >= 4 is 5.91 Å². The number of rotatable bonds is 9. The van der Waals surface area contributed by atoms with E-state index in [0.717, 1.165) is 69.3 Å². The Kier molecular flexibility index (Phi) is 7.19. The molecule has 2 heterocycles. The first kappa shape index (κ1) is 22.6. The number of nitrogens with one attached hydrogen (secondary N) is 1. The van der Waals surface area contributed by atoms with E-state index in [9.17, 15) is 4.79 Å². The SMILES string of the molecule is O=C(NCCc1nnc2n1CCN(Cc1cccc(OCc3ccccc3)c1)CC2)C1CCC1. The van der Waals surface area contributed by atoms with Crippen molar-refractivity contribution in [2.75, 3.05) is 19.6 Å². The van der Waals surface area contributed by atoms with Gasteiger partial charge in [0.1, 0.15) is 24.0 Å². The van der Waals surface area contributed by atoms with Crippen LogP contribution in [0.4, 0.5) is 0 Å². The standard InChI is InChI=1S/C27H33N5O2/c33-27(23-9-5-10-23)28-14-12-25-29-30-26-13-15-31(16-17-32(25)26)19-22-8-4-11-24(18-22)34-20-21-6-2-1-3-7-21/h1-4,6-8,11,18,23H,5,9-10,12-17,19-20H2,(H,28,33). The Labute approximate surface area is 201 Å². The van der Waals surface area contributed by atoms with Crippen LogP contribution >= 0.6 is 0 Å². The average molecular weight is 460 g/mol. The molecule has 0 bridgehead atoms. The molecule has 1 amide bonds. The smallest absolute Gasteiger partial charge is 0.223 e. The van der Waals surface area contributed by atoms with Crippen LogP contribution in [0.1, 0.15) is 42.0 Å². The molecule has 2 aliphatic rings. The van der Waals surface area contributed by atoms with E-state index in [1.165, 1.54) is 17.5 Å². The summed E-state index contributed by atoms with van der Waals surface area (Å²) in [6.45, 7) is 4.86. The first-order chi connectivity index (χ1) is 16.7. The Morgan fingerprint density at radius 1 is 1.00 bits per heavy atom. The molecule has 0 unspecified atom stereocenters. The minimum atomic E-state index is 0.197. The number of aromatic nitrogens is 3. The summed E-state index contributed by atoms with van der Waals surface area (Å²) < 4.78 is 8.25. The molecule has 1 aliphatic heterocycles. The third-order valence-corrected chi connectivity index (χ3v) is 6.87. The van der Waals surface area contributed by atoms with E-state index in [2.05, 4.69) is 55.3 Å². The Hall–Kier alpha value is -3.19. The van der Waals surface area contributed by atoms with Gasteiger partial charge in [-0.3, -0.25) is 9.69 Å². The van der Waals surface area contributed by atoms with Crippen LogP contribution in [0.25, 0.3) is 0 Å². The van der Waals surface area contributed by atoms with Crippen LogP contribution in [0.2, 0.25) is 0 Å². The van der Waals surface area contributed by atoms with Crippen LogP contribution in [0.15, 0.2) is 54.6 Å². The number of carbonyl (C=O) groups excluding carboxylic acids is 1. The molecule has 5 rings (SSSR count). The third-order valence-electron chi connectivity index (χ3n) is 6.87. The zero-order valence-corrected chi connectivity index (χ0v) is 19.7. The number of nitrogens with zero attached hydrogens (tertiary/aromatic N) is 4. The van der Waals surface area contributed by atoms with Crippen LogP contribution in [0, 0.1) is 5.92 Å². The zero-order valence-electron chi connectivity index (χ0n) is 19.7. The normalized spacial score (nSPS) is 16.4. The molecule has 1 fully saturated rings. The lowest BCUT2D eigenvalue weighted by atomic mass is 9.85. The first-order valence-electron chi connectivity index (χ1n) is 12.4. The van der Waals surface area contributed by atoms with Gasteiger partial charge in [-0.25, -0.2) is 0 Å². The molecular formula is C27H33N5O2. The lowest BCUT2D eigenvalue weighted by Crippen LogP contribution is -2.35. The lowest BCUT2D eigenvalue weighted by Gasteiger charge is -2.24. The van der Waals surface area contributed by atoms with Crippen molar-refractivity contribution < 1.29 is 9.53 Å². The fourth-order valence-electron chi connectivity index (χ4n) is 4.61. The van der Waals surface area contributed by atoms with Crippen molar-refractivity contribution in [1.82, 2.24) is 25.0 Å². The summed E-state index contributed by atoms with van der Waals surface area (Å²) in [6.07, 6.45) is 4.85. The van der Waals surface area contributed by atoms with Crippen molar-refractivity contribution in [3.8, 4) is 5.75 Å². The molecule has 0 spiro atoms. The van der Waals surface area contributed by atoms with Crippen LogP contribution in [0.3, 0.4) is 0 Å². The third kappa shape index (κ3) is 5.65. The summed E-state index contributed by atoms with van der Waals surface area (Å²) in [5.74, 6) is 3.35. The highest BCUT2D eigenvalue weighted by molar-refractivity contribution is 5.79. The molecule has 2 aromatic carbocycles. The number of carbonyl (C=O) groups is 1. The van der Waals surface area contributed by atoms with Gasteiger partial charge in [0.25, 0.3) is 0 Å². The molecular weight excluding hydrogens is 426 g/mol. The second-order valence-corrected chi connectivity index (χ2v) is 9.30. The summed E-state index contributed by atoms with van der Waals surface area (Å²) >= 11 is 0. The van der Waals surface area contributed by atoms with Gasteiger partial charge < -0.3 is 14.6 Å². The van der Waals surface area contributed by atoms with E-state index in [1.54, 1.807) is 0 Å². The molecule has 34 heavy (non-hydrogen) atoms. The predicted octanol–water partition coefficient (Wildman–Crippen LogP) is 3.37. The topological polar surface area (TPSA) is 72.3 Å². The number of hydrogen-bond donors (Lipinski definition) is 1. The molecule has 0 saturated heterocycles. The minimum absolute atomic E-state index is 0.197. The summed E-state index contributed by atoms with van der Waals surface area (Å²) in [6, 6.07) is 18.6. The van der Waals surface area contributed by atoms with Crippen molar-refractivity contribution in [1.29, 1.82) is 0 Å². The van der Waals surface area contributed by atoms with Crippen molar-refractivity contribution in [3.05, 3.63) is 77.4 Å². The number of hydrogen-bond acceptors (Lipinski definition) is 5. The maximum atomic E-state index is 12.1. The Morgan fingerprint density at radius 2 is 1.85 bits per heavy atom. The van der Waals surface area contributed by atoms with Gasteiger partial charge in [-0.05, 0) is 36.1 Å². The predicted molar refractivity (Wildman–Crippen MR) is 130 cm³/mol. The van der Waals surface area contributed by atoms with Crippen LogP contribution in [-0.4, -0.2) is 45.2 Å². The second-order valence-electron chi connectivity index (χ2n) is 9.30. The molecule has 178 valence electrons. The van der Waals surface area contributed by atoms with E-state index in [0.29, 0.717) is 13.2 Å². The van der Waals surface area contributed by atoms with Crippen LogP contribution in [0.5, 0.6) is 5.75 Å². The summed E-state index contributed by atoms with van der Waals surface area (Å²) in [4.78, 5) is 14.5. The summed E-state index contributed by atoms with van der Waals surface area (Å²) in [5.41, 5.74) is 2.42. The number of fused-ring (bicyclic) bond motifs is 1. The summed E-state index contributed by atoms with van der Waals surface area (Å²) in [7, 11) is 0. The van der Waals surface area contributed by atoms with Gasteiger partial charge in [-0.1, -0.05) is 48.9 Å². The molecule has 7 heteroatoms. The van der Waals surface area contributed by atoms with Gasteiger partial charge in [0.15, 0.2) is 0 Å². The van der Waals surface area contributed by atoms with Gasteiger partial charge in [0.2, 0.25) is 5.91 Å². The van der Waals surface area contributed by atoms with E-state index in [4.69, 9.17) is 4.74 Å². The maximum absolute atomic E-state index is 12.1. The van der Waals surface area contributed by atoms with Crippen LogP contribution in [-0.2, 0) is 37.3 Å². The molecule has 1 aromatic heterocycles. The monoisotopic (exact) mass is 459 g/mol. The van der Waals surface area contributed by atoms with Crippen molar-refractivity contribution in [2.45, 2.75) is 51.8 Å². The first-order valence-corrected chi connectivity index (χ1v) is 12.4. The van der Waals surface area contributed by atoms with E-state index in [-0.39, 0.29) is 11.8 Å². The molecule has 0 radical (unpaired) electrons. The maximum Gasteiger partial charge on any atom is 0.223 e. The average Bonchev–Trinajstić information content (AvgIpc) is 3.09. The van der Waals surface area contributed by atoms with E-state index >= 15 is 0 Å². The molecule has 1 N–H and O–H groups in total. The van der Waals surface area contributed by atoms with Gasteiger partial charge >= 0.3 is 0 Å². The second kappa shape index (κ2) is 10.8. The number of amides is 1. The quantitative estimate of drug-likeness (QED) is 0.531. The van der Waals surface area contributed by atoms with Crippen LogP contribution < -0.4 is 10.1 Å². The lowest BCUT2D eigenvalue weighted by molar-refractivity contribution is -0.127. The van der Waals surface area contributed by atoms with Gasteiger partial charge in [0, 0.05) is 51.5 Å². The van der Waals surface area contributed by atoms with Crippen molar-refractivity contribution in [2.24, 2.45) is 5.92 Å².